The molecule has 0 unspecified atom stereocenters. The summed E-state index contributed by atoms with van der Waals surface area (Å²) in [7, 11) is 0.610. The third kappa shape index (κ3) is 3.39. The van der Waals surface area contributed by atoms with Crippen LogP contribution in [0.2, 0.25) is 18.1 Å². The zero-order valence-corrected chi connectivity index (χ0v) is 9.61. The van der Waals surface area contributed by atoms with Crippen LogP contribution in [0.1, 0.15) is 27.7 Å². The summed E-state index contributed by atoms with van der Waals surface area (Å²) in [5.41, 5.74) is 0. The fraction of sp³-hybridized carbons (Fsp3) is 1.00. The first-order valence-corrected chi connectivity index (χ1v) is 7.18. The van der Waals surface area contributed by atoms with E-state index in [9.17, 15) is 0 Å². The van der Waals surface area contributed by atoms with E-state index in [1.807, 2.05) is 7.11 Å². The lowest BCUT2D eigenvalue weighted by molar-refractivity contribution is 0.384. The van der Waals surface area contributed by atoms with Crippen LogP contribution in [0.5, 0.6) is 0 Å². The lowest BCUT2D eigenvalue weighted by Gasteiger charge is -2.28. The second-order valence-corrected chi connectivity index (χ2v) is 8.29. The molecule has 0 radical (unpaired) electrons. The molecule has 2 heteroatoms. The van der Waals surface area contributed by atoms with E-state index in [4.69, 9.17) is 4.43 Å². The first-order valence-electron chi connectivity index (χ1n) is 4.65. The van der Waals surface area contributed by atoms with Crippen LogP contribution in [0, 0.1) is 5.92 Å². The molecule has 0 heterocycles. The summed E-state index contributed by atoms with van der Waals surface area (Å²) in [5, 5.41) is 0. The van der Waals surface area contributed by atoms with Crippen molar-refractivity contribution >= 4 is 8.32 Å². The summed E-state index contributed by atoms with van der Waals surface area (Å²) in [6, 6.07) is 3.84. The van der Waals surface area contributed by atoms with Gasteiger partial charge in [0.2, 0.25) is 0 Å². The molecule has 11 heavy (non-hydrogen) atoms. The first-order chi connectivity index (χ1) is 5.10. The lowest BCUT2D eigenvalue weighted by Crippen LogP contribution is -2.36. The zero-order valence-electron chi connectivity index (χ0n) is 8.61. The van der Waals surface area contributed by atoms with Gasteiger partial charge in [-0.05, 0) is 24.1 Å². The standard InChI is InChI=1S/C9H22OSi/c1-6-11(7-2,10-5)8-9(3)4/h9H,6-8H2,1-5H3. The fourth-order valence-corrected chi connectivity index (χ4v) is 4.96. The van der Waals surface area contributed by atoms with Gasteiger partial charge in [0.25, 0.3) is 0 Å². The largest absolute Gasteiger partial charge is 0.420 e. The molecule has 0 amide bonds. The predicted octanol–water partition coefficient (Wildman–Crippen LogP) is 3.27. The summed E-state index contributed by atoms with van der Waals surface area (Å²) >= 11 is 0. The van der Waals surface area contributed by atoms with Gasteiger partial charge in [0, 0.05) is 7.11 Å². The number of rotatable bonds is 5. The van der Waals surface area contributed by atoms with E-state index >= 15 is 0 Å². The molecule has 0 saturated carbocycles. The van der Waals surface area contributed by atoms with Crippen molar-refractivity contribution in [1.82, 2.24) is 0 Å². The monoisotopic (exact) mass is 174 g/mol. The van der Waals surface area contributed by atoms with E-state index < -0.39 is 8.32 Å². The predicted molar refractivity (Wildman–Crippen MR) is 53.4 cm³/mol. The Morgan fingerprint density at radius 1 is 1.18 bits per heavy atom. The van der Waals surface area contributed by atoms with Gasteiger partial charge in [-0.15, -0.1) is 0 Å². The molecule has 0 atom stereocenters. The van der Waals surface area contributed by atoms with Crippen LogP contribution in [-0.2, 0) is 4.43 Å². The fourth-order valence-electron chi connectivity index (χ4n) is 1.65. The summed E-state index contributed by atoms with van der Waals surface area (Å²) in [6.07, 6.45) is 0. The highest BCUT2D eigenvalue weighted by Crippen LogP contribution is 2.25. The van der Waals surface area contributed by atoms with Crippen LogP contribution in [0.25, 0.3) is 0 Å². The van der Waals surface area contributed by atoms with E-state index in [0.717, 1.165) is 5.92 Å². The lowest BCUT2D eigenvalue weighted by atomic mass is 10.3. The van der Waals surface area contributed by atoms with E-state index in [0.29, 0.717) is 0 Å². The van der Waals surface area contributed by atoms with Crippen molar-refractivity contribution in [2.24, 2.45) is 5.92 Å². The molecule has 1 nitrogen and oxygen atoms in total. The van der Waals surface area contributed by atoms with Gasteiger partial charge in [-0.3, -0.25) is 0 Å². The molecule has 0 aliphatic rings. The van der Waals surface area contributed by atoms with Crippen LogP contribution in [0.3, 0.4) is 0 Å². The summed E-state index contributed by atoms with van der Waals surface area (Å²) in [5.74, 6) is 0.793. The molecule has 0 rings (SSSR count). The Balaban J connectivity index is 4.05. The SMILES string of the molecule is CC[Si](CC)(CC(C)C)OC. The van der Waals surface area contributed by atoms with Gasteiger partial charge in [0.1, 0.15) is 0 Å². The van der Waals surface area contributed by atoms with Crippen molar-refractivity contribution in [3.63, 3.8) is 0 Å². The smallest absolute Gasteiger partial charge is 0.191 e. The summed E-state index contributed by atoms with van der Waals surface area (Å²) in [6.45, 7) is 9.10. The third-order valence-corrected chi connectivity index (χ3v) is 7.51. The highest BCUT2D eigenvalue weighted by molar-refractivity contribution is 6.73. The topological polar surface area (TPSA) is 9.23 Å². The maximum atomic E-state index is 5.69. The van der Waals surface area contributed by atoms with Gasteiger partial charge >= 0.3 is 0 Å². The first kappa shape index (κ1) is 11.2. The van der Waals surface area contributed by atoms with Crippen molar-refractivity contribution in [2.45, 2.75) is 45.8 Å². The van der Waals surface area contributed by atoms with Gasteiger partial charge in [-0.1, -0.05) is 27.7 Å². The van der Waals surface area contributed by atoms with Crippen LogP contribution in [-0.4, -0.2) is 15.4 Å². The molecule has 0 saturated heterocycles. The molecule has 0 fully saturated rings. The molecule has 0 aliphatic heterocycles. The molecule has 0 bridgehead atoms. The van der Waals surface area contributed by atoms with Crippen molar-refractivity contribution in [3.8, 4) is 0 Å². The van der Waals surface area contributed by atoms with Crippen molar-refractivity contribution < 1.29 is 4.43 Å². The van der Waals surface area contributed by atoms with Crippen molar-refractivity contribution in [2.75, 3.05) is 7.11 Å². The Bertz CT molecular complexity index is 89.5. The minimum absolute atomic E-state index is 0.793. The molecule has 0 aromatic carbocycles. The van der Waals surface area contributed by atoms with Gasteiger partial charge in [-0.2, -0.15) is 0 Å². The normalized spacial score (nSPS) is 12.5. The van der Waals surface area contributed by atoms with Gasteiger partial charge in [0.05, 0.1) is 0 Å². The van der Waals surface area contributed by atoms with Gasteiger partial charge < -0.3 is 4.43 Å². The highest BCUT2D eigenvalue weighted by atomic mass is 28.4. The van der Waals surface area contributed by atoms with Crippen LogP contribution >= 0.6 is 0 Å². The highest BCUT2D eigenvalue weighted by Gasteiger charge is 2.29. The molecular formula is C9H22OSi. The van der Waals surface area contributed by atoms with Crippen molar-refractivity contribution in [1.29, 1.82) is 0 Å². The minimum atomic E-state index is -1.28. The van der Waals surface area contributed by atoms with E-state index in [1.165, 1.54) is 18.1 Å². The average molecular weight is 174 g/mol. The molecule has 0 aromatic heterocycles. The van der Waals surface area contributed by atoms with E-state index in [2.05, 4.69) is 27.7 Å². The molecule has 0 N–H and O–H groups in total. The maximum absolute atomic E-state index is 5.69. The minimum Gasteiger partial charge on any atom is -0.420 e. The van der Waals surface area contributed by atoms with Crippen molar-refractivity contribution in [3.05, 3.63) is 0 Å². The summed E-state index contributed by atoms with van der Waals surface area (Å²) < 4.78 is 5.69. The maximum Gasteiger partial charge on any atom is 0.191 e. The molecular weight excluding hydrogens is 152 g/mol. The Kier molecular flexibility index (Phi) is 5.02. The van der Waals surface area contributed by atoms with Gasteiger partial charge in [-0.25, -0.2) is 0 Å². The molecule has 0 spiro atoms. The quantitative estimate of drug-likeness (QED) is 0.581. The second-order valence-electron chi connectivity index (χ2n) is 3.69. The Morgan fingerprint density at radius 2 is 1.64 bits per heavy atom. The molecule has 68 valence electrons. The Hall–Kier alpha value is 0.177. The third-order valence-electron chi connectivity index (χ3n) is 2.50. The number of hydrogen-bond donors (Lipinski definition) is 0. The van der Waals surface area contributed by atoms with E-state index in [-0.39, 0.29) is 0 Å². The Morgan fingerprint density at radius 3 is 1.73 bits per heavy atom. The average Bonchev–Trinajstić information content (AvgIpc) is 2.00. The van der Waals surface area contributed by atoms with Crippen LogP contribution in [0.15, 0.2) is 0 Å². The zero-order chi connectivity index (χ0) is 8.91. The van der Waals surface area contributed by atoms with E-state index in [1.54, 1.807) is 0 Å². The molecule has 0 aliphatic carbocycles. The number of hydrogen-bond acceptors (Lipinski definition) is 1. The van der Waals surface area contributed by atoms with Gasteiger partial charge in [0.15, 0.2) is 8.32 Å². The Labute approximate surface area is 72.3 Å². The summed E-state index contributed by atoms with van der Waals surface area (Å²) in [4.78, 5) is 0. The second kappa shape index (κ2) is 4.94. The van der Waals surface area contributed by atoms with Crippen LogP contribution in [0.4, 0.5) is 0 Å². The van der Waals surface area contributed by atoms with Crippen LogP contribution < -0.4 is 0 Å². The molecule has 0 aromatic rings.